The van der Waals surface area contributed by atoms with Crippen molar-refractivity contribution in [2.24, 2.45) is 0 Å². The molecule has 0 aliphatic carbocycles. The first-order chi connectivity index (χ1) is 12.2. The lowest BCUT2D eigenvalue weighted by Crippen LogP contribution is -2.11. The van der Waals surface area contributed by atoms with Crippen LogP contribution in [-0.4, -0.2) is 19.9 Å². The van der Waals surface area contributed by atoms with Crippen LogP contribution in [0.5, 0.6) is 0 Å². The smallest absolute Gasteiger partial charge is 0.210 e. The van der Waals surface area contributed by atoms with Crippen LogP contribution in [-0.2, 0) is 5.75 Å². The predicted octanol–water partition coefficient (Wildman–Crippen LogP) is 4.44. The summed E-state index contributed by atoms with van der Waals surface area (Å²) >= 11 is 4.79. The zero-order valence-electron chi connectivity index (χ0n) is 13.4. The van der Waals surface area contributed by atoms with Crippen molar-refractivity contribution in [1.29, 1.82) is 0 Å². The van der Waals surface area contributed by atoms with Gasteiger partial charge in [0.15, 0.2) is 5.82 Å². The second-order valence-electron chi connectivity index (χ2n) is 5.45. The number of thioether (sulfide) groups is 1. The molecule has 2 N–H and O–H groups in total. The molecule has 3 heterocycles. The number of hydrogen-bond donors (Lipinski definition) is 1. The zero-order chi connectivity index (χ0) is 17.2. The van der Waals surface area contributed by atoms with Gasteiger partial charge in [-0.15, -0.1) is 32.9 Å². The van der Waals surface area contributed by atoms with Crippen LogP contribution in [0.15, 0.2) is 52.3 Å². The van der Waals surface area contributed by atoms with E-state index in [1.54, 1.807) is 39.1 Å². The van der Waals surface area contributed by atoms with Gasteiger partial charge in [-0.3, -0.25) is 0 Å². The van der Waals surface area contributed by atoms with Gasteiger partial charge in [0.2, 0.25) is 5.16 Å². The van der Waals surface area contributed by atoms with Gasteiger partial charge in [0.05, 0.1) is 10.6 Å². The van der Waals surface area contributed by atoms with E-state index in [0.29, 0.717) is 16.7 Å². The minimum absolute atomic E-state index is 0.688. The van der Waals surface area contributed by atoms with E-state index < -0.39 is 0 Å². The largest absolute Gasteiger partial charge is 0.335 e. The highest BCUT2D eigenvalue weighted by Crippen LogP contribution is 2.29. The summed E-state index contributed by atoms with van der Waals surface area (Å²) in [5, 5.41) is 14.2. The second-order valence-corrected chi connectivity index (χ2v) is 8.20. The zero-order valence-corrected chi connectivity index (χ0v) is 15.9. The van der Waals surface area contributed by atoms with Gasteiger partial charge in [0, 0.05) is 16.7 Å². The summed E-state index contributed by atoms with van der Waals surface area (Å²) in [7, 11) is 0. The molecule has 0 saturated heterocycles. The number of thiophene rings is 1. The fourth-order valence-corrected chi connectivity index (χ4v) is 4.68. The highest BCUT2D eigenvalue weighted by atomic mass is 32.2. The molecule has 3 aromatic heterocycles. The van der Waals surface area contributed by atoms with Crippen molar-refractivity contribution >= 4 is 34.4 Å². The Hall–Kier alpha value is -2.16. The van der Waals surface area contributed by atoms with Crippen molar-refractivity contribution in [3.05, 3.63) is 58.4 Å². The molecule has 0 unspecified atom stereocenters. The lowest BCUT2D eigenvalue weighted by Gasteiger charge is -2.01. The lowest BCUT2D eigenvalue weighted by molar-refractivity contribution is 0.850. The summed E-state index contributed by atoms with van der Waals surface area (Å²) < 4.78 is 1.55. The standard InChI is InChI=1S/C17H15N5S3/c1-11-4-6-12(7-5-11)16-19-13(9-24-16)10-25-17-21-20-15(22(17)18)14-3-2-8-23-14/h2-9H,10,18H2,1H3. The quantitative estimate of drug-likeness (QED) is 0.406. The third-order valence-electron chi connectivity index (χ3n) is 3.61. The molecule has 0 fully saturated rings. The number of benzene rings is 1. The lowest BCUT2D eigenvalue weighted by atomic mass is 10.2. The number of aromatic nitrogens is 4. The predicted molar refractivity (Wildman–Crippen MR) is 105 cm³/mol. The molecular weight excluding hydrogens is 370 g/mol. The van der Waals surface area contributed by atoms with Gasteiger partial charge < -0.3 is 5.84 Å². The highest BCUT2D eigenvalue weighted by molar-refractivity contribution is 7.98. The summed E-state index contributed by atoms with van der Waals surface area (Å²) in [5.41, 5.74) is 3.42. The molecule has 4 aromatic rings. The van der Waals surface area contributed by atoms with E-state index >= 15 is 0 Å². The Morgan fingerprint density at radius 2 is 1.96 bits per heavy atom. The van der Waals surface area contributed by atoms with Gasteiger partial charge >= 0.3 is 0 Å². The molecule has 0 atom stereocenters. The maximum absolute atomic E-state index is 6.13. The van der Waals surface area contributed by atoms with Crippen LogP contribution in [0, 0.1) is 6.92 Å². The molecule has 5 nitrogen and oxygen atoms in total. The SMILES string of the molecule is Cc1ccc(-c2nc(CSc3nnc(-c4cccs4)n3N)cs2)cc1. The van der Waals surface area contributed by atoms with Crippen LogP contribution in [0.4, 0.5) is 0 Å². The first-order valence-electron chi connectivity index (χ1n) is 7.59. The Labute approximate surface area is 157 Å². The summed E-state index contributed by atoms with van der Waals surface area (Å²) in [6.45, 7) is 2.08. The minimum atomic E-state index is 0.688. The molecule has 0 spiro atoms. The summed E-state index contributed by atoms with van der Waals surface area (Å²) in [4.78, 5) is 5.72. The van der Waals surface area contributed by atoms with Gasteiger partial charge in [-0.1, -0.05) is 47.7 Å². The van der Waals surface area contributed by atoms with E-state index in [4.69, 9.17) is 10.8 Å². The van der Waals surface area contributed by atoms with E-state index in [9.17, 15) is 0 Å². The van der Waals surface area contributed by atoms with Crippen LogP contribution in [0.1, 0.15) is 11.3 Å². The van der Waals surface area contributed by atoms with Gasteiger partial charge in [-0.2, -0.15) is 0 Å². The Morgan fingerprint density at radius 3 is 2.72 bits per heavy atom. The van der Waals surface area contributed by atoms with Crippen molar-refractivity contribution in [3.63, 3.8) is 0 Å². The summed E-state index contributed by atoms with van der Waals surface area (Å²) in [6, 6.07) is 12.4. The van der Waals surface area contributed by atoms with Crippen molar-refractivity contribution in [3.8, 4) is 21.3 Å². The number of rotatable bonds is 5. The van der Waals surface area contributed by atoms with Gasteiger partial charge in [-0.05, 0) is 18.4 Å². The van der Waals surface area contributed by atoms with Gasteiger partial charge in [0.25, 0.3) is 0 Å². The van der Waals surface area contributed by atoms with E-state index in [1.165, 1.54) is 5.56 Å². The number of nitrogens with two attached hydrogens (primary N) is 1. The summed E-state index contributed by atoms with van der Waals surface area (Å²) in [6.07, 6.45) is 0. The van der Waals surface area contributed by atoms with Crippen LogP contribution >= 0.6 is 34.4 Å². The Morgan fingerprint density at radius 1 is 1.12 bits per heavy atom. The molecular formula is C17H15N5S3. The molecule has 1 aromatic carbocycles. The Bertz CT molecular complexity index is 970. The molecule has 0 aliphatic heterocycles. The first kappa shape index (κ1) is 16.3. The summed E-state index contributed by atoms with van der Waals surface area (Å²) in [5.74, 6) is 7.53. The van der Waals surface area contributed by atoms with E-state index in [0.717, 1.165) is 21.1 Å². The Balaban J connectivity index is 1.46. The normalized spacial score (nSPS) is 11.1. The maximum Gasteiger partial charge on any atom is 0.210 e. The number of hydrogen-bond acceptors (Lipinski definition) is 7. The number of thiazole rings is 1. The van der Waals surface area contributed by atoms with E-state index in [1.807, 2.05) is 17.5 Å². The van der Waals surface area contributed by atoms with Crippen LogP contribution in [0.3, 0.4) is 0 Å². The number of nitrogens with zero attached hydrogens (tertiary/aromatic N) is 4. The molecule has 0 aliphatic rings. The first-order valence-corrected chi connectivity index (χ1v) is 10.3. The average molecular weight is 386 g/mol. The van der Waals surface area contributed by atoms with Gasteiger partial charge in [0.1, 0.15) is 5.01 Å². The average Bonchev–Trinajstić information content (AvgIpc) is 3.34. The molecule has 25 heavy (non-hydrogen) atoms. The Kier molecular flexibility index (Phi) is 4.56. The fraction of sp³-hybridized carbons (Fsp3) is 0.118. The third kappa shape index (κ3) is 3.46. The van der Waals surface area contributed by atoms with Crippen LogP contribution in [0.2, 0.25) is 0 Å². The van der Waals surface area contributed by atoms with Crippen molar-refractivity contribution < 1.29 is 0 Å². The van der Waals surface area contributed by atoms with Gasteiger partial charge in [-0.25, -0.2) is 9.66 Å². The maximum atomic E-state index is 6.13. The van der Waals surface area contributed by atoms with Crippen molar-refractivity contribution in [1.82, 2.24) is 19.9 Å². The number of nitrogen functional groups attached to an aromatic ring is 1. The fourth-order valence-electron chi connectivity index (χ4n) is 2.29. The van der Waals surface area contributed by atoms with Crippen LogP contribution < -0.4 is 5.84 Å². The second kappa shape index (κ2) is 6.99. The van der Waals surface area contributed by atoms with E-state index in [2.05, 4.69) is 46.8 Å². The van der Waals surface area contributed by atoms with Crippen molar-refractivity contribution in [2.45, 2.75) is 17.8 Å². The van der Waals surface area contributed by atoms with Crippen molar-refractivity contribution in [2.75, 3.05) is 5.84 Å². The molecule has 126 valence electrons. The minimum Gasteiger partial charge on any atom is -0.335 e. The molecule has 0 amide bonds. The topological polar surface area (TPSA) is 69.6 Å². The highest BCUT2D eigenvalue weighted by Gasteiger charge is 2.14. The molecule has 0 saturated carbocycles. The van der Waals surface area contributed by atoms with E-state index in [-0.39, 0.29) is 0 Å². The molecule has 4 rings (SSSR count). The molecule has 8 heteroatoms. The third-order valence-corrected chi connectivity index (χ3v) is 6.39. The number of aryl methyl sites for hydroxylation is 1. The molecule has 0 radical (unpaired) electrons. The molecule has 0 bridgehead atoms. The monoisotopic (exact) mass is 385 g/mol. The van der Waals surface area contributed by atoms with Crippen LogP contribution in [0.25, 0.3) is 21.3 Å².